The van der Waals surface area contributed by atoms with Crippen molar-refractivity contribution in [3.63, 3.8) is 0 Å². The van der Waals surface area contributed by atoms with Crippen molar-refractivity contribution in [1.29, 1.82) is 0 Å². The largest absolute Gasteiger partial charge is 0.466 e. The lowest BCUT2D eigenvalue weighted by Gasteiger charge is -2.20. The van der Waals surface area contributed by atoms with Gasteiger partial charge in [-0.25, -0.2) is 9.59 Å². The fraction of sp³-hybridized carbons (Fsp3) is 0.500. The van der Waals surface area contributed by atoms with E-state index in [1.165, 1.54) is 0 Å². The molecular formula is C18H26N2O5. The Morgan fingerprint density at radius 3 is 2.24 bits per heavy atom. The summed E-state index contributed by atoms with van der Waals surface area (Å²) >= 11 is 0. The first-order valence-electron chi connectivity index (χ1n) is 8.42. The van der Waals surface area contributed by atoms with Crippen molar-refractivity contribution in [3.8, 4) is 0 Å². The van der Waals surface area contributed by atoms with E-state index in [2.05, 4.69) is 10.6 Å². The summed E-state index contributed by atoms with van der Waals surface area (Å²) in [5, 5.41) is 5.33. The molecule has 2 atom stereocenters. The number of benzene rings is 1. The van der Waals surface area contributed by atoms with Gasteiger partial charge in [-0.2, -0.15) is 0 Å². The molecule has 1 aromatic carbocycles. The molecule has 0 radical (unpaired) electrons. The van der Waals surface area contributed by atoms with Crippen LogP contribution in [0.2, 0.25) is 0 Å². The smallest absolute Gasteiger partial charge is 0.328 e. The first-order chi connectivity index (χ1) is 12.0. The minimum absolute atomic E-state index is 0.0197. The van der Waals surface area contributed by atoms with Crippen LogP contribution in [0.15, 0.2) is 30.3 Å². The van der Waals surface area contributed by atoms with E-state index in [9.17, 15) is 14.4 Å². The summed E-state index contributed by atoms with van der Waals surface area (Å²) in [5.41, 5.74) is 0.942. The number of nitrogens with one attached hydrogen (secondary N) is 2. The van der Waals surface area contributed by atoms with Crippen LogP contribution in [0.3, 0.4) is 0 Å². The molecule has 138 valence electrons. The SMILES string of the molecule is CCOC(=O)CC[C@H](NC(=O)N[C@@H](C)c1ccccc1)C(=O)OCC. The molecule has 0 spiro atoms. The number of ether oxygens (including phenoxy) is 2. The second-order valence-corrected chi connectivity index (χ2v) is 5.40. The predicted molar refractivity (Wildman–Crippen MR) is 92.8 cm³/mol. The van der Waals surface area contributed by atoms with E-state index in [1.807, 2.05) is 37.3 Å². The summed E-state index contributed by atoms with van der Waals surface area (Å²) in [6.07, 6.45) is 0.136. The summed E-state index contributed by atoms with van der Waals surface area (Å²) in [6, 6.07) is 7.81. The van der Waals surface area contributed by atoms with Crippen LogP contribution in [0.1, 0.15) is 45.2 Å². The minimum atomic E-state index is -0.910. The number of hydrogen-bond acceptors (Lipinski definition) is 5. The Balaban J connectivity index is 2.61. The average Bonchev–Trinajstić information content (AvgIpc) is 2.59. The number of rotatable bonds is 9. The molecule has 2 amide bonds. The summed E-state index contributed by atoms with van der Waals surface area (Å²) in [7, 11) is 0. The Morgan fingerprint density at radius 1 is 1.00 bits per heavy atom. The molecule has 25 heavy (non-hydrogen) atoms. The van der Waals surface area contributed by atoms with E-state index in [4.69, 9.17) is 9.47 Å². The van der Waals surface area contributed by atoms with E-state index < -0.39 is 24.0 Å². The van der Waals surface area contributed by atoms with Gasteiger partial charge in [-0.3, -0.25) is 4.79 Å². The van der Waals surface area contributed by atoms with Crippen LogP contribution in [0.25, 0.3) is 0 Å². The van der Waals surface area contributed by atoms with Crippen LogP contribution in [0.5, 0.6) is 0 Å². The molecule has 7 nitrogen and oxygen atoms in total. The lowest BCUT2D eigenvalue weighted by Crippen LogP contribution is -2.47. The minimum Gasteiger partial charge on any atom is -0.466 e. The fourth-order valence-electron chi connectivity index (χ4n) is 2.21. The summed E-state index contributed by atoms with van der Waals surface area (Å²) in [6.45, 7) is 5.69. The van der Waals surface area contributed by atoms with E-state index in [0.717, 1.165) is 5.56 Å². The van der Waals surface area contributed by atoms with Crippen molar-refractivity contribution in [2.45, 2.75) is 45.7 Å². The molecule has 0 fully saturated rings. The Labute approximate surface area is 148 Å². The molecule has 0 aliphatic carbocycles. The molecule has 0 aliphatic heterocycles. The Bertz CT molecular complexity index is 562. The highest BCUT2D eigenvalue weighted by Crippen LogP contribution is 2.11. The van der Waals surface area contributed by atoms with Gasteiger partial charge in [0, 0.05) is 6.42 Å². The van der Waals surface area contributed by atoms with Crippen LogP contribution >= 0.6 is 0 Å². The topological polar surface area (TPSA) is 93.7 Å². The summed E-state index contributed by atoms with van der Waals surface area (Å²) < 4.78 is 9.79. The van der Waals surface area contributed by atoms with Crippen LogP contribution in [-0.2, 0) is 19.1 Å². The lowest BCUT2D eigenvalue weighted by atomic mass is 10.1. The monoisotopic (exact) mass is 350 g/mol. The molecular weight excluding hydrogens is 324 g/mol. The van der Waals surface area contributed by atoms with Crippen LogP contribution in [0, 0.1) is 0 Å². The van der Waals surface area contributed by atoms with Gasteiger partial charge in [0.05, 0.1) is 19.3 Å². The van der Waals surface area contributed by atoms with Crippen molar-refractivity contribution in [2.75, 3.05) is 13.2 Å². The zero-order valence-corrected chi connectivity index (χ0v) is 14.9. The highest BCUT2D eigenvalue weighted by Gasteiger charge is 2.24. The predicted octanol–water partition coefficient (Wildman–Crippen LogP) is 2.32. The standard InChI is InChI=1S/C18H26N2O5/c1-4-24-16(21)12-11-15(17(22)25-5-2)20-18(23)19-13(3)14-9-7-6-8-10-14/h6-10,13,15H,4-5,11-12H2,1-3H3,(H2,19,20,23)/t13-,15-/m0/s1. The molecule has 2 N–H and O–H groups in total. The van der Waals surface area contributed by atoms with Gasteiger partial charge < -0.3 is 20.1 Å². The van der Waals surface area contributed by atoms with E-state index in [1.54, 1.807) is 13.8 Å². The van der Waals surface area contributed by atoms with Gasteiger partial charge in [-0.1, -0.05) is 30.3 Å². The van der Waals surface area contributed by atoms with Gasteiger partial charge in [-0.05, 0) is 32.8 Å². The van der Waals surface area contributed by atoms with E-state index in [-0.39, 0.29) is 32.1 Å². The van der Waals surface area contributed by atoms with E-state index >= 15 is 0 Å². The van der Waals surface area contributed by atoms with Gasteiger partial charge in [0.1, 0.15) is 6.04 Å². The molecule has 0 saturated heterocycles. The highest BCUT2D eigenvalue weighted by molar-refractivity contribution is 5.84. The number of amides is 2. The molecule has 0 saturated carbocycles. The van der Waals surface area contributed by atoms with Crippen molar-refractivity contribution < 1.29 is 23.9 Å². The van der Waals surface area contributed by atoms with Crippen molar-refractivity contribution in [2.24, 2.45) is 0 Å². The molecule has 1 rings (SSSR count). The third-order valence-corrected chi connectivity index (χ3v) is 3.47. The first kappa shape index (κ1) is 20.5. The average molecular weight is 350 g/mol. The molecule has 0 unspecified atom stereocenters. The van der Waals surface area contributed by atoms with E-state index in [0.29, 0.717) is 0 Å². The van der Waals surface area contributed by atoms with Gasteiger partial charge in [-0.15, -0.1) is 0 Å². The zero-order valence-electron chi connectivity index (χ0n) is 14.9. The molecule has 0 aromatic heterocycles. The van der Waals surface area contributed by atoms with Gasteiger partial charge in [0.25, 0.3) is 0 Å². The maximum atomic E-state index is 12.2. The summed E-state index contributed by atoms with van der Waals surface area (Å²) in [4.78, 5) is 35.6. The van der Waals surface area contributed by atoms with Crippen LogP contribution < -0.4 is 10.6 Å². The highest BCUT2D eigenvalue weighted by atomic mass is 16.5. The van der Waals surface area contributed by atoms with Crippen LogP contribution in [-0.4, -0.2) is 37.2 Å². The molecule has 0 bridgehead atoms. The Morgan fingerprint density at radius 2 is 1.64 bits per heavy atom. The first-order valence-corrected chi connectivity index (χ1v) is 8.42. The Kier molecular flexibility index (Phi) is 9.06. The van der Waals surface area contributed by atoms with Gasteiger partial charge in [0.2, 0.25) is 0 Å². The van der Waals surface area contributed by atoms with Gasteiger partial charge in [0.15, 0.2) is 0 Å². The molecule has 7 heteroatoms. The van der Waals surface area contributed by atoms with Crippen molar-refractivity contribution >= 4 is 18.0 Å². The van der Waals surface area contributed by atoms with Crippen molar-refractivity contribution in [1.82, 2.24) is 10.6 Å². The molecule has 1 aromatic rings. The maximum Gasteiger partial charge on any atom is 0.328 e. The Hall–Kier alpha value is -2.57. The zero-order chi connectivity index (χ0) is 18.7. The number of carbonyl (C=O) groups is 3. The number of hydrogen-bond donors (Lipinski definition) is 2. The van der Waals surface area contributed by atoms with Gasteiger partial charge >= 0.3 is 18.0 Å². The normalized spacial score (nSPS) is 12.6. The second-order valence-electron chi connectivity index (χ2n) is 5.40. The maximum absolute atomic E-state index is 12.2. The third kappa shape index (κ3) is 7.69. The number of esters is 2. The van der Waals surface area contributed by atoms with Crippen molar-refractivity contribution in [3.05, 3.63) is 35.9 Å². The summed E-state index contributed by atoms with van der Waals surface area (Å²) in [5.74, 6) is -0.994. The molecule has 0 aliphatic rings. The number of urea groups is 1. The van der Waals surface area contributed by atoms with Crippen LogP contribution in [0.4, 0.5) is 4.79 Å². The fourth-order valence-corrected chi connectivity index (χ4v) is 2.21. The quantitative estimate of drug-likeness (QED) is 0.667. The second kappa shape index (κ2) is 11.1. The number of carbonyl (C=O) groups excluding carboxylic acids is 3. The lowest BCUT2D eigenvalue weighted by molar-refractivity contribution is -0.146. The molecule has 0 heterocycles. The third-order valence-electron chi connectivity index (χ3n) is 3.47.